The molecule has 2 aromatic rings. The lowest BCUT2D eigenvalue weighted by Crippen LogP contribution is -2.30. The molecule has 2 nitrogen and oxygen atoms in total. The molecule has 2 rings (SSSR count). The Labute approximate surface area is 101 Å². The van der Waals surface area contributed by atoms with Crippen molar-refractivity contribution in [1.29, 1.82) is 0 Å². The molecule has 0 bridgehead atoms. The third-order valence-electron chi connectivity index (χ3n) is 3.26. The van der Waals surface area contributed by atoms with Gasteiger partial charge in [-0.05, 0) is 31.0 Å². The van der Waals surface area contributed by atoms with Crippen LogP contribution in [0.25, 0.3) is 10.1 Å². The van der Waals surface area contributed by atoms with Crippen LogP contribution in [-0.2, 0) is 0 Å². The van der Waals surface area contributed by atoms with Crippen molar-refractivity contribution in [3.63, 3.8) is 0 Å². The minimum absolute atomic E-state index is 0.452. The second kappa shape index (κ2) is 4.93. The molecule has 16 heavy (non-hydrogen) atoms. The number of likely N-dealkylation sites (N-methyl/N-ethyl adjacent to an activating group) is 1. The lowest BCUT2D eigenvalue weighted by Gasteiger charge is -2.22. The predicted molar refractivity (Wildman–Crippen MR) is 71.2 cm³/mol. The quantitative estimate of drug-likeness (QED) is 0.877. The van der Waals surface area contributed by atoms with E-state index in [0.717, 1.165) is 6.42 Å². The van der Waals surface area contributed by atoms with Crippen molar-refractivity contribution in [2.24, 2.45) is 0 Å². The Morgan fingerprint density at radius 3 is 2.94 bits per heavy atom. The van der Waals surface area contributed by atoms with Crippen molar-refractivity contribution in [1.82, 2.24) is 10.3 Å². The second-order valence-corrected chi connectivity index (χ2v) is 5.07. The van der Waals surface area contributed by atoms with E-state index in [-0.39, 0.29) is 0 Å². The molecule has 0 fully saturated rings. The van der Waals surface area contributed by atoms with Gasteiger partial charge in [-0.2, -0.15) is 0 Å². The van der Waals surface area contributed by atoms with Crippen molar-refractivity contribution in [2.45, 2.75) is 32.2 Å². The molecule has 0 aliphatic rings. The smallest absolute Gasteiger partial charge is 0.0533 e. The first-order valence-electron chi connectivity index (χ1n) is 5.77. The third-order valence-corrected chi connectivity index (χ3v) is 4.14. The number of fused-ring (bicyclic) bond motifs is 1. The molecule has 2 unspecified atom stereocenters. The first-order chi connectivity index (χ1) is 7.77. The molecule has 3 heteroatoms. The maximum absolute atomic E-state index is 4.56. The van der Waals surface area contributed by atoms with Gasteiger partial charge in [0.05, 0.1) is 5.69 Å². The SMILES string of the molecule is CCC(NC)C(C)c1nccc2sccc12. The highest BCUT2D eigenvalue weighted by Gasteiger charge is 2.18. The van der Waals surface area contributed by atoms with Gasteiger partial charge in [-0.15, -0.1) is 11.3 Å². The number of pyridine rings is 1. The highest BCUT2D eigenvalue weighted by atomic mass is 32.1. The predicted octanol–water partition coefficient (Wildman–Crippen LogP) is 3.40. The molecule has 0 aromatic carbocycles. The van der Waals surface area contributed by atoms with Crippen LogP contribution in [0.4, 0.5) is 0 Å². The number of nitrogens with one attached hydrogen (secondary N) is 1. The summed E-state index contributed by atoms with van der Waals surface area (Å²) >= 11 is 1.79. The molecular formula is C13H18N2S. The Hall–Kier alpha value is -0.930. The first kappa shape index (κ1) is 11.6. The third kappa shape index (κ3) is 1.97. The summed E-state index contributed by atoms with van der Waals surface area (Å²) < 4.78 is 1.34. The summed E-state index contributed by atoms with van der Waals surface area (Å²) in [6, 6.07) is 4.77. The van der Waals surface area contributed by atoms with Crippen LogP contribution in [0.1, 0.15) is 31.9 Å². The Bertz CT molecular complexity index is 460. The van der Waals surface area contributed by atoms with Gasteiger partial charge in [-0.25, -0.2) is 0 Å². The first-order valence-corrected chi connectivity index (χ1v) is 6.65. The lowest BCUT2D eigenvalue weighted by atomic mass is 9.94. The zero-order valence-electron chi connectivity index (χ0n) is 10.0. The van der Waals surface area contributed by atoms with Gasteiger partial charge in [-0.3, -0.25) is 4.98 Å². The molecule has 1 N–H and O–H groups in total. The average molecular weight is 234 g/mol. The van der Waals surface area contributed by atoms with Crippen LogP contribution in [0.15, 0.2) is 23.7 Å². The molecule has 86 valence electrons. The summed E-state index contributed by atoms with van der Waals surface area (Å²) in [6.07, 6.45) is 3.05. The minimum atomic E-state index is 0.452. The van der Waals surface area contributed by atoms with Crippen molar-refractivity contribution in [3.8, 4) is 0 Å². The molecule has 0 saturated carbocycles. The van der Waals surface area contributed by atoms with Crippen LogP contribution in [-0.4, -0.2) is 18.1 Å². The molecule has 2 aromatic heterocycles. The van der Waals surface area contributed by atoms with E-state index in [9.17, 15) is 0 Å². The van der Waals surface area contributed by atoms with Crippen molar-refractivity contribution >= 4 is 21.4 Å². The largest absolute Gasteiger partial charge is 0.316 e. The highest BCUT2D eigenvalue weighted by molar-refractivity contribution is 7.17. The summed E-state index contributed by atoms with van der Waals surface area (Å²) in [7, 11) is 2.03. The Morgan fingerprint density at radius 1 is 1.44 bits per heavy atom. The van der Waals surface area contributed by atoms with E-state index in [2.05, 4.69) is 41.7 Å². The van der Waals surface area contributed by atoms with E-state index in [0.29, 0.717) is 12.0 Å². The standard InChI is InChI=1S/C13H18N2S/c1-4-11(14-3)9(2)13-10-6-8-16-12(10)5-7-15-13/h5-9,11,14H,4H2,1-3H3. The van der Waals surface area contributed by atoms with Gasteiger partial charge in [0.1, 0.15) is 0 Å². The fourth-order valence-corrected chi connectivity index (χ4v) is 3.07. The summed E-state index contributed by atoms with van der Waals surface area (Å²) in [5, 5.41) is 6.83. The lowest BCUT2D eigenvalue weighted by molar-refractivity contribution is 0.468. The highest BCUT2D eigenvalue weighted by Crippen LogP contribution is 2.29. The van der Waals surface area contributed by atoms with Crippen molar-refractivity contribution < 1.29 is 0 Å². The van der Waals surface area contributed by atoms with Crippen LogP contribution in [0, 0.1) is 0 Å². The van der Waals surface area contributed by atoms with Gasteiger partial charge in [0, 0.05) is 28.2 Å². The zero-order valence-corrected chi connectivity index (χ0v) is 10.8. The zero-order chi connectivity index (χ0) is 11.5. The molecule has 0 radical (unpaired) electrons. The van der Waals surface area contributed by atoms with Crippen LogP contribution < -0.4 is 5.32 Å². The van der Waals surface area contributed by atoms with E-state index < -0.39 is 0 Å². The maximum Gasteiger partial charge on any atom is 0.0533 e. The molecule has 0 amide bonds. The van der Waals surface area contributed by atoms with Gasteiger partial charge in [0.15, 0.2) is 0 Å². The second-order valence-electron chi connectivity index (χ2n) is 4.12. The molecule has 0 saturated heterocycles. The number of hydrogen-bond acceptors (Lipinski definition) is 3. The molecule has 0 spiro atoms. The van der Waals surface area contributed by atoms with E-state index in [1.165, 1.54) is 15.8 Å². The van der Waals surface area contributed by atoms with Crippen LogP contribution in [0.3, 0.4) is 0 Å². The fourth-order valence-electron chi connectivity index (χ4n) is 2.28. The fraction of sp³-hybridized carbons (Fsp3) is 0.462. The molecule has 0 aliphatic heterocycles. The van der Waals surface area contributed by atoms with E-state index in [1.807, 2.05) is 13.2 Å². The van der Waals surface area contributed by atoms with Gasteiger partial charge in [0.25, 0.3) is 0 Å². The molecule has 2 atom stereocenters. The minimum Gasteiger partial charge on any atom is -0.316 e. The van der Waals surface area contributed by atoms with Crippen molar-refractivity contribution in [3.05, 3.63) is 29.4 Å². The molecule has 0 aliphatic carbocycles. The number of aromatic nitrogens is 1. The molecular weight excluding hydrogens is 216 g/mol. The van der Waals surface area contributed by atoms with Gasteiger partial charge >= 0.3 is 0 Å². The van der Waals surface area contributed by atoms with Gasteiger partial charge in [-0.1, -0.05) is 13.8 Å². The monoisotopic (exact) mass is 234 g/mol. The van der Waals surface area contributed by atoms with Gasteiger partial charge in [0.2, 0.25) is 0 Å². The summed E-state index contributed by atoms with van der Waals surface area (Å²) in [5.41, 5.74) is 1.22. The van der Waals surface area contributed by atoms with Gasteiger partial charge < -0.3 is 5.32 Å². The Balaban J connectivity index is 2.42. The number of rotatable bonds is 4. The summed E-state index contributed by atoms with van der Waals surface area (Å²) in [6.45, 7) is 4.47. The summed E-state index contributed by atoms with van der Waals surface area (Å²) in [4.78, 5) is 4.56. The Morgan fingerprint density at radius 2 is 2.25 bits per heavy atom. The van der Waals surface area contributed by atoms with E-state index in [1.54, 1.807) is 11.3 Å². The van der Waals surface area contributed by atoms with Crippen LogP contribution in [0.2, 0.25) is 0 Å². The van der Waals surface area contributed by atoms with E-state index in [4.69, 9.17) is 0 Å². The van der Waals surface area contributed by atoms with E-state index >= 15 is 0 Å². The van der Waals surface area contributed by atoms with Crippen LogP contribution in [0.5, 0.6) is 0 Å². The average Bonchev–Trinajstić information content (AvgIpc) is 2.78. The summed E-state index contributed by atoms with van der Waals surface area (Å²) in [5.74, 6) is 0.452. The normalized spacial score (nSPS) is 15.2. The number of thiophene rings is 1. The number of nitrogens with zero attached hydrogens (tertiary/aromatic N) is 1. The molecule has 2 heterocycles. The van der Waals surface area contributed by atoms with Crippen LogP contribution >= 0.6 is 11.3 Å². The maximum atomic E-state index is 4.56. The topological polar surface area (TPSA) is 24.9 Å². The Kier molecular flexibility index (Phi) is 3.56. The number of hydrogen-bond donors (Lipinski definition) is 1. The van der Waals surface area contributed by atoms with Crippen molar-refractivity contribution in [2.75, 3.05) is 7.05 Å².